The van der Waals surface area contributed by atoms with E-state index in [1.54, 1.807) is 0 Å². The van der Waals surface area contributed by atoms with Crippen molar-refractivity contribution in [3.8, 4) is 11.8 Å². The molecule has 0 aromatic rings. The molecule has 0 aromatic carbocycles. The molecule has 0 aliphatic heterocycles. The van der Waals surface area contributed by atoms with Gasteiger partial charge in [-0.3, -0.25) is 0 Å². The van der Waals surface area contributed by atoms with Crippen molar-refractivity contribution in [3.63, 3.8) is 0 Å². The Balaban J connectivity index is -0.000000249. The maximum absolute atomic E-state index is 3.08. The maximum atomic E-state index is 3.08. The Hall–Kier alpha value is -0.700. The van der Waals surface area contributed by atoms with E-state index in [9.17, 15) is 0 Å². The zero-order valence-electron chi connectivity index (χ0n) is 17.3. The molecule has 0 fully saturated rings. The Kier molecular flexibility index (Phi) is 21.9. The van der Waals surface area contributed by atoms with Crippen molar-refractivity contribution in [2.24, 2.45) is 17.3 Å². The van der Waals surface area contributed by atoms with Crippen LogP contribution in [0.5, 0.6) is 0 Å². The maximum Gasteiger partial charge on any atom is 0.0112 e. The van der Waals surface area contributed by atoms with Gasteiger partial charge in [-0.05, 0) is 30.1 Å². The van der Waals surface area contributed by atoms with E-state index >= 15 is 0 Å². The quantitative estimate of drug-likeness (QED) is 0.366. The molecule has 0 aliphatic rings. The molecule has 0 aromatic heterocycles. The van der Waals surface area contributed by atoms with E-state index in [0.717, 1.165) is 24.7 Å². The summed E-state index contributed by atoms with van der Waals surface area (Å²) in [5, 5.41) is 0. The van der Waals surface area contributed by atoms with Gasteiger partial charge in [0, 0.05) is 12.8 Å². The number of hydrogen-bond acceptors (Lipinski definition) is 0. The van der Waals surface area contributed by atoms with Crippen molar-refractivity contribution in [1.82, 2.24) is 0 Å². The third kappa shape index (κ3) is 42.7. The molecule has 132 valence electrons. The van der Waals surface area contributed by atoms with E-state index < -0.39 is 0 Å². The van der Waals surface area contributed by atoms with Gasteiger partial charge in [0.1, 0.15) is 0 Å². The van der Waals surface area contributed by atoms with Crippen LogP contribution in [-0.2, 0) is 0 Å². The molecule has 0 saturated carbocycles. The molecule has 0 unspecified atom stereocenters. The van der Waals surface area contributed by atoms with E-state index in [1.165, 1.54) is 19.3 Å². The van der Waals surface area contributed by atoms with E-state index in [2.05, 4.69) is 93.2 Å². The first kappa shape index (κ1) is 26.2. The fourth-order valence-corrected chi connectivity index (χ4v) is 0.936. The Labute approximate surface area is 143 Å². The van der Waals surface area contributed by atoms with Crippen LogP contribution in [0.4, 0.5) is 0 Å². The van der Waals surface area contributed by atoms with E-state index in [-0.39, 0.29) is 0 Å². The molecular formula is C22H44. The lowest BCUT2D eigenvalue weighted by molar-refractivity contribution is 0.398. The first-order valence-electron chi connectivity index (χ1n) is 9.21. The average Bonchev–Trinajstić information content (AvgIpc) is 2.39. The molecule has 0 saturated heterocycles. The van der Waals surface area contributed by atoms with Crippen LogP contribution < -0.4 is 0 Å². The summed E-state index contributed by atoms with van der Waals surface area (Å²) >= 11 is 0. The van der Waals surface area contributed by atoms with E-state index in [4.69, 9.17) is 0 Å². The molecule has 0 bridgehead atoms. The van der Waals surface area contributed by atoms with Crippen LogP contribution in [0, 0.1) is 29.1 Å². The monoisotopic (exact) mass is 308 g/mol. The highest BCUT2D eigenvalue weighted by Crippen LogP contribution is 2.16. The van der Waals surface area contributed by atoms with Gasteiger partial charge in [-0.1, -0.05) is 87.8 Å². The van der Waals surface area contributed by atoms with Crippen LogP contribution in [0.15, 0.2) is 12.2 Å². The first-order valence-corrected chi connectivity index (χ1v) is 9.21. The minimum atomic E-state index is 0.542. The van der Waals surface area contributed by atoms with E-state index in [0.29, 0.717) is 5.41 Å². The van der Waals surface area contributed by atoms with Crippen molar-refractivity contribution in [2.75, 3.05) is 0 Å². The number of rotatable bonds is 4. The van der Waals surface area contributed by atoms with Crippen LogP contribution in [-0.4, -0.2) is 0 Å². The summed E-state index contributed by atoms with van der Waals surface area (Å²) in [7, 11) is 0. The normalized spacial score (nSPS) is 10.5. The molecule has 0 heteroatoms. The van der Waals surface area contributed by atoms with Gasteiger partial charge in [0.15, 0.2) is 0 Å². The highest BCUT2D eigenvalue weighted by molar-refractivity contribution is 4.98. The summed E-state index contributed by atoms with van der Waals surface area (Å²) < 4.78 is 0. The topological polar surface area (TPSA) is 0 Å². The summed E-state index contributed by atoms with van der Waals surface area (Å²) in [5.41, 5.74) is 0.542. The van der Waals surface area contributed by atoms with Crippen molar-refractivity contribution in [2.45, 2.75) is 101 Å². The SMILES string of the molecule is CC/C=C\CC(C)C.CCC#CCC(C)C.CCC(C)(C)C. The second kappa shape index (κ2) is 18.3. The predicted molar refractivity (Wildman–Crippen MR) is 106 cm³/mol. The van der Waals surface area contributed by atoms with Gasteiger partial charge in [-0.15, -0.1) is 11.8 Å². The molecule has 0 N–H and O–H groups in total. The molecular weight excluding hydrogens is 264 g/mol. The van der Waals surface area contributed by atoms with Crippen molar-refractivity contribution < 1.29 is 0 Å². The summed E-state index contributed by atoms with van der Waals surface area (Å²) in [6.45, 7) is 22.0. The summed E-state index contributed by atoms with van der Waals surface area (Å²) in [6.07, 6.45) is 10.2. The standard InChI is InChI=1S/C8H16.C8H14.C6H14/c2*1-4-5-6-7-8(2)3;1-5-6(2,3)4/h5-6,8H,4,7H2,1-3H3;8H,4,7H2,1-3H3;5H2,1-4H3/b6-5-;;. The van der Waals surface area contributed by atoms with Gasteiger partial charge >= 0.3 is 0 Å². The van der Waals surface area contributed by atoms with E-state index in [1.807, 2.05) is 0 Å². The lowest BCUT2D eigenvalue weighted by Crippen LogP contribution is -2.00. The van der Waals surface area contributed by atoms with Crippen LogP contribution in [0.25, 0.3) is 0 Å². The fourth-order valence-electron chi connectivity index (χ4n) is 0.936. The Morgan fingerprint density at radius 3 is 1.59 bits per heavy atom. The smallest absolute Gasteiger partial charge is 0.0112 e. The van der Waals surface area contributed by atoms with Crippen LogP contribution in [0.1, 0.15) is 101 Å². The molecule has 0 rings (SSSR count). The highest BCUT2D eigenvalue weighted by atomic mass is 14.1. The minimum absolute atomic E-state index is 0.542. The van der Waals surface area contributed by atoms with Gasteiger partial charge in [0.05, 0.1) is 0 Å². The van der Waals surface area contributed by atoms with Crippen LogP contribution in [0.2, 0.25) is 0 Å². The summed E-state index contributed by atoms with van der Waals surface area (Å²) in [5.74, 6) is 7.66. The van der Waals surface area contributed by atoms with Gasteiger partial charge in [0.25, 0.3) is 0 Å². The van der Waals surface area contributed by atoms with Crippen LogP contribution in [0.3, 0.4) is 0 Å². The number of allylic oxidation sites excluding steroid dienone is 2. The van der Waals surface area contributed by atoms with Gasteiger partial charge in [0.2, 0.25) is 0 Å². The van der Waals surface area contributed by atoms with Gasteiger partial charge < -0.3 is 0 Å². The number of hydrogen-bond donors (Lipinski definition) is 0. The fraction of sp³-hybridized carbons (Fsp3) is 0.818. The van der Waals surface area contributed by atoms with Gasteiger partial charge in [-0.2, -0.15) is 0 Å². The highest BCUT2D eigenvalue weighted by Gasteiger charge is 2.03. The van der Waals surface area contributed by atoms with Crippen molar-refractivity contribution in [3.05, 3.63) is 12.2 Å². The second-order valence-electron chi connectivity index (χ2n) is 7.73. The molecule has 0 spiro atoms. The molecule has 0 aliphatic carbocycles. The molecule has 0 amide bonds. The molecule has 22 heavy (non-hydrogen) atoms. The lowest BCUT2D eigenvalue weighted by Gasteiger charge is -2.12. The van der Waals surface area contributed by atoms with Gasteiger partial charge in [-0.25, -0.2) is 0 Å². The zero-order valence-corrected chi connectivity index (χ0v) is 17.3. The largest absolute Gasteiger partial charge is 0.104 e. The first-order chi connectivity index (χ1) is 10.1. The third-order valence-corrected chi connectivity index (χ3v) is 2.88. The molecule has 0 atom stereocenters. The molecule has 0 radical (unpaired) electrons. The van der Waals surface area contributed by atoms with Crippen molar-refractivity contribution >= 4 is 0 Å². The summed E-state index contributed by atoms with van der Waals surface area (Å²) in [4.78, 5) is 0. The summed E-state index contributed by atoms with van der Waals surface area (Å²) in [6, 6.07) is 0. The average molecular weight is 309 g/mol. The predicted octanol–water partition coefficient (Wildman–Crippen LogP) is 7.89. The Bertz CT molecular complexity index is 275. The lowest BCUT2D eigenvalue weighted by atomic mass is 9.94. The Morgan fingerprint density at radius 1 is 0.818 bits per heavy atom. The second-order valence-corrected chi connectivity index (χ2v) is 7.73. The zero-order chi connectivity index (χ0) is 18.0. The minimum Gasteiger partial charge on any atom is -0.104 e. The molecule has 0 nitrogen and oxygen atoms in total. The van der Waals surface area contributed by atoms with Crippen LogP contribution >= 0.6 is 0 Å². The molecule has 0 heterocycles. The Morgan fingerprint density at radius 2 is 1.32 bits per heavy atom. The van der Waals surface area contributed by atoms with Crippen molar-refractivity contribution in [1.29, 1.82) is 0 Å². The third-order valence-electron chi connectivity index (χ3n) is 2.88.